The molecule has 2 aromatic rings. The van der Waals surface area contributed by atoms with Gasteiger partial charge in [0.2, 0.25) is 0 Å². The zero-order valence-corrected chi connectivity index (χ0v) is 23.0. The second-order valence-corrected chi connectivity index (χ2v) is 13.2. The molecule has 0 spiro atoms. The van der Waals surface area contributed by atoms with Crippen LogP contribution in [0.3, 0.4) is 0 Å². The van der Waals surface area contributed by atoms with Crippen LogP contribution in [0.5, 0.6) is 0 Å². The van der Waals surface area contributed by atoms with E-state index in [0.29, 0.717) is 22.7 Å². The molecule has 0 aromatic heterocycles. The molecule has 34 heavy (non-hydrogen) atoms. The van der Waals surface area contributed by atoms with Gasteiger partial charge in [-0.3, -0.25) is 0 Å². The van der Waals surface area contributed by atoms with Gasteiger partial charge >= 0.3 is 0 Å². The molecule has 6 nitrogen and oxygen atoms in total. The van der Waals surface area contributed by atoms with E-state index in [0.717, 1.165) is 26.3 Å². The highest BCUT2D eigenvalue weighted by atomic mass is 16.5. The minimum atomic E-state index is -0.656. The Kier molecular flexibility index (Phi) is 7.45. The molecule has 0 aliphatic carbocycles. The third-order valence-corrected chi connectivity index (χ3v) is 5.69. The second kappa shape index (κ2) is 9.06. The van der Waals surface area contributed by atoms with E-state index in [1.807, 2.05) is 107 Å². The summed E-state index contributed by atoms with van der Waals surface area (Å²) in [5, 5.41) is 42.5. The molecule has 0 amide bonds. The van der Waals surface area contributed by atoms with Crippen LogP contribution in [0, 0.1) is 10.4 Å². The first-order valence-corrected chi connectivity index (χ1v) is 11.9. The first-order valence-electron chi connectivity index (χ1n) is 11.9. The van der Waals surface area contributed by atoms with Crippen molar-refractivity contribution in [2.75, 3.05) is 15.2 Å². The number of anilines is 4. The standard InChI is InChI=1S/C28H42N3O3/c1-25(2,3)19-13-21(17-23(15-19)30(33)27(7,8)9)29(32)22-14-20(26(4,5)6)16-24(18-22)31(34)28(10,11)12/h13-18H,1-12H3/q-2. The van der Waals surface area contributed by atoms with Gasteiger partial charge in [0.15, 0.2) is 0 Å². The van der Waals surface area contributed by atoms with Gasteiger partial charge in [0.25, 0.3) is 0 Å². The van der Waals surface area contributed by atoms with Gasteiger partial charge in [-0.1, -0.05) is 46.7 Å². The summed E-state index contributed by atoms with van der Waals surface area (Å²) < 4.78 is 0. The van der Waals surface area contributed by atoms with E-state index in [4.69, 9.17) is 0 Å². The van der Waals surface area contributed by atoms with Crippen molar-refractivity contribution in [1.82, 2.24) is 0 Å². The largest absolute Gasteiger partial charge is 0.758 e. The van der Waals surface area contributed by atoms with E-state index in [1.54, 1.807) is 12.1 Å². The van der Waals surface area contributed by atoms with E-state index < -0.39 is 11.1 Å². The van der Waals surface area contributed by atoms with Crippen molar-refractivity contribution in [2.24, 2.45) is 0 Å². The molecule has 0 saturated carbocycles. The number of hydrogen-bond acceptors (Lipinski definition) is 5. The summed E-state index contributed by atoms with van der Waals surface area (Å²) in [6, 6.07) is 10.6. The van der Waals surface area contributed by atoms with Crippen LogP contribution in [0.15, 0.2) is 36.4 Å². The van der Waals surface area contributed by atoms with Gasteiger partial charge in [-0.2, -0.15) is 0 Å². The first kappa shape index (κ1) is 28.0. The van der Waals surface area contributed by atoms with Gasteiger partial charge in [0.05, 0.1) is 11.2 Å². The van der Waals surface area contributed by atoms with Crippen LogP contribution in [0.1, 0.15) is 94.2 Å². The molecule has 2 rings (SSSR count). The smallest absolute Gasteiger partial charge is 0.0697 e. The fourth-order valence-corrected chi connectivity index (χ4v) is 3.45. The number of hydrogen-bond donors (Lipinski definition) is 0. The Morgan fingerprint density at radius 2 is 0.882 bits per heavy atom. The van der Waals surface area contributed by atoms with E-state index >= 15 is 0 Å². The topological polar surface area (TPSA) is 75.7 Å². The van der Waals surface area contributed by atoms with Gasteiger partial charge < -0.3 is 20.5 Å². The van der Waals surface area contributed by atoms with E-state index in [2.05, 4.69) is 0 Å². The van der Waals surface area contributed by atoms with Gasteiger partial charge in [-0.25, -0.2) is 5.06 Å². The molecule has 0 N–H and O–H groups in total. The maximum atomic E-state index is 13.7. The van der Waals surface area contributed by atoms with Crippen molar-refractivity contribution < 1.29 is 5.21 Å². The first-order chi connectivity index (χ1) is 15.1. The summed E-state index contributed by atoms with van der Waals surface area (Å²) in [5.74, 6) is 0. The van der Waals surface area contributed by atoms with Gasteiger partial charge in [-0.05, 0) is 99.9 Å². The normalized spacial score (nSPS) is 13.1. The average Bonchev–Trinajstić information content (AvgIpc) is 2.68. The monoisotopic (exact) mass is 468 g/mol. The molecule has 6 heteroatoms. The highest BCUT2D eigenvalue weighted by molar-refractivity contribution is 5.74. The summed E-state index contributed by atoms with van der Waals surface area (Å²) in [7, 11) is 0. The summed E-state index contributed by atoms with van der Waals surface area (Å²) in [6.45, 7) is 23.3. The van der Waals surface area contributed by atoms with E-state index in [-0.39, 0.29) is 10.8 Å². The lowest BCUT2D eigenvalue weighted by molar-refractivity contribution is 0.102. The molecule has 0 saturated heterocycles. The molecule has 0 aliphatic rings. The lowest BCUT2D eigenvalue weighted by atomic mass is 9.85. The van der Waals surface area contributed by atoms with Crippen LogP contribution in [0.2, 0.25) is 0 Å². The van der Waals surface area contributed by atoms with Crippen LogP contribution < -0.4 is 15.2 Å². The Hall–Kier alpha value is -2.28. The van der Waals surface area contributed by atoms with Gasteiger partial charge in [-0.15, -0.1) is 0 Å². The predicted octanol–water partition coefficient (Wildman–Crippen LogP) is 7.97. The van der Waals surface area contributed by atoms with Crippen molar-refractivity contribution >= 4 is 22.7 Å². The lowest BCUT2D eigenvalue weighted by Crippen LogP contribution is -2.37. The highest BCUT2D eigenvalue weighted by Crippen LogP contribution is 2.39. The summed E-state index contributed by atoms with van der Waals surface area (Å²) >= 11 is 0. The molecule has 2 aromatic carbocycles. The number of nitrogens with zero attached hydrogens (tertiary/aromatic N) is 3. The third-order valence-electron chi connectivity index (χ3n) is 5.69. The molecule has 189 valence electrons. The molecule has 0 atom stereocenters. The van der Waals surface area contributed by atoms with Crippen molar-refractivity contribution in [3.8, 4) is 0 Å². The molecular weight excluding hydrogens is 426 g/mol. The Bertz CT molecular complexity index is 924. The lowest BCUT2D eigenvalue weighted by Gasteiger charge is -2.45. The Balaban J connectivity index is 2.73. The molecule has 0 aliphatic heterocycles. The van der Waals surface area contributed by atoms with Crippen molar-refractivity contribution in [1.29, 1.82) is 0 Å². The molecule has 0 fully saturated rings. The molecule has 1 radical (unpaired) electrons. The molecule has 0 bridgehead atoms. The van der Waals surface area contributed by atoms with Crippen LogP contribution >= 0.6 is 0 Å². The Morgan fingerprint density at radius 1 is 0.529 bits per heavy atom. The number of rotatable bonds is 4. The minimum Gasteiger partial charge on any atom is -0.758 e. The quantitative estimate of drug-likeness (QED) is 0.425. The highest BCUT2D eigenvalue weighted by Gasteiger charge is 2.25. The summed E-state index contributed by atoms with van der Waals surface area (Å²) in [5.41, 5.74) is 1.52. The van der Waals surface area contributed by atoms with Crippen LogP contribution in [0.25, 0.3) is 0 Å². The van der Waals surface area contributed by atoms with Crippen LogP contribution in [-0.4, -0.2) is 11.1 Å². The summed E-state index contributed by atoms with van der Waals surface area (Å²) in [4.78, 5) is 0. The van der Waals surface area contributed by atoms with Gasteiger partial charge in [0.1, 0.15) is 0 Å². The van der Waals surface area contributed by atoms with Crippen molar-refractivity contribution in [3.63, 3.8) is 0 Å². The fourth-order valence-electron chi connectivity index (χ4n) is 3.45. The van der Waals surface area contributed by atoms with E-state index in [9.17, 15) is 15.6 Å². The van der Waals surface area contributed by atoms with Crippen LogP contribution in [0.4, 0.5) is 22.7 Å². The van der Waals surface area contributed by atoms with Crippen molar-refractivity contribution in [3.05, 3.63) is 57.9 Å². The summed E-state index contributed by atoms with van der Waals surface area (Å²) in [6.07, 6.45) is 0. The second-order valence-electron chi connectivity index (χ2n) is 13.2. The molecular formula is C28H42N3O3-2. The SMILES string of the molecule is CC(C)(C)c1cc(N([O-])c2cc(N([O-])C(C)(C)C)cc(C(C)(C)C)c2)cc(N([O])C(C)(C)C)c1. The number of hydroxylamine groups is 2. The Morgan fingerprint density at radius 3 is 1.24 bits per heavy atom. The predicted molar refractivity (Wildman–Crippen MR) is 144 cm³/mol. The van der Waals surface area contributed by atoms with Crippen LogP contribution in [-0.2, 0) is 16.0 Å². The molecule has 0 unspecified atom stereocenters. The maximum absolute atomic E-state index is 13.7. The molecule has 0 heterocycles. The average molecular weight is 469 g/mol. The minimum absolute atomic E-state index is 0.263. The Labute approximate surface area is 206 Å². The fraction of sp³-hybridized carbons (Fsp3) is 0.571. The van der Waals surface area contributed by atoms with E-state index in [1.165, 1.54) is 0 Å². The maximum Gasteiger partial charge on any atom is 0.0697 e. The number of benzene rings is 2. The zero-order chi connectivity index (χ0) is 26.4. The zero-order valence-electron chi connectivity index (χ0n) is 23.0. The van der Waals surface area contributed by atoms with Gasteiger partial charge in [0, 0.05) is 22.6 Å². The van der Waals surface area contributed by atoms with Crippen molar-refractivity contribution in [2.45, 2.75) is 105 Å². The third kappa shape index (κ3) is 6.44.